The molecule has 0 spiro atoms. The maximum Gasteiger partial charge on any atom is 0.328 e. The van der Waals surface area contributed by atoms with E-state index in [1.165, 1.54) is 27.7 Å². The number of esters is 1. The molecule has 4 aliphatic heterocycles. The van der Waals surface area contributed by atoms with Gasteiger partial charge in [0.05, 0.1) is 13.2 Å². The van der Waals surface area contributed by atoms with Crippen LogP contribution in [-0.4, -0.2) is 132 Å². The number of allylic oxidation sites excluding steroid dienone is 1. The fourth-order valence-corrected chi connectivity index (χ4v) is 7.27. The molecule has 4 heterocycles. The minimum Gasteiger partial charge on any atom is -0.461 e. The van der Waals surface area contributed by atoms with Crippen LogP contribution in [0.2, 0.25) is 0 Å². The molecule has 1 unspecified atom stereocenters. The van der Waals surface area contributed by atoms with E-state index in [2.05, 4.69) is 16.0 Å². The van der Waals surface area contributed by atoms with Crippen molar-refractivity contribution < 1.29 is 51.8 Å². The molecule has 3 N–H and O–H groups in total. The molecule has 0 aliphatic carbocycles. The SMILES string of the molecule is CCCC/C=C/C(=O)NC(Cc1cc(F)cc(F)c1)C(=O)N[C@H]1COC(=O)[C@@H]2CCCN2C(=O)[C@H](C)NC(=O)[C@@H]2COCCN2C(=O)[C@@H]2CCCN2C1=O. The third-order valence-corrected chi connectivity index (χ3v) is 10.1. The number of benzene rings is 1. The van der Waals surface area contributed by atoms with Gasteiger partial charge >= 0.3 is 5.97 Å². The molecule has 5 rings (SSSR count). The second kappa shape index (κ2) is 18.4. The van der Waals surface area contributed by atoms with Gasteiger partial charge < -0.3 is 40.1 Å². The molecule has 17 heteroatoms. The van der Waals surface area contributed by atoms with Crippen molar-refractivity contribution in [2.75, 3.05) is 39.5 Å². The number of hydrogen-bond donors (Lipinski definition) is 3. The van der Waals surface area contributed by atoms with Crippen LogP contribution in [0, 0.1) is 11.6 Å². The number of cyclic esters (lactones) is 1. The Morgan fingerprint density at radius 3 is 2.28 bits per heavy atom. The van der Waals surface area contributed by atoms with Crippen molar-refractivity contribution in [2.24, 2.45) is 0 Å². The highest BCUT2D eigenvalue weighted by molar-refractivity contribution is 5.98. The van der Waals surface area contributed by atoms with Crippen LogP contribution in [0.3, 0.4) is 0 Å². The van der Waals surface area contributed by atoms with E-state index in [0.29, 0.717) is 25.3 Å². The predicted octanol–water partition coefficient (Wildman–Crippen LogP) is 0.494. The molecule has 0 bridgehead atoms. The number of fused-ring (bicyclic) bond motifs is 3. The van der Waals surface area contributed by atoms with Crippen LogP contribution in [0.1, 0.15) is 64.4 Å². The van der Waals surface area contributed by atoms with Crippen LogP contribution >= 0.6 is 0 Å². The maximum absolute atomic E-state index is 14.3. The van der Waals surface area contributed by atoms with Gasteiger partial charge in [0.15, 0.2) is 0 Å². The smallest absolute Gasteiger partial charge is 0.328 e. The molecule has 54 heavy (non-hydrogen) atoms. The van der Waals surface area contributed by atoms with E-state index >= 15 is 0 Å². The molecule has 15 nitrogen and oxygen atoms in total. The van der Waals surface area contributed by atoms with E-state index in [9.17, 15) is 42.3 Å². The van der Waals surface area contributed by atoms with Gasteiger partial charge in [-0.2, -0.15) is 0 Å². The van der Waals surface area contributed by atoms with Crippen LogP contribution in [0.4, 0.5) is 8.78 Å². The Morgan fingerprint density at radius 1 is 0.907 bits per heavy atom. The fraction of sp³-hybridized carbons (Fsp3) is 0.595. The number of ether oxygens (including phenoxy) is 2. The van der Waals surface area contributed by atoms with Crippen LogP contribution in [0.15, 0.2) is 30.4 Å². The van der Waals surface area contributed by atoms with Gasteiger partial charge in [0.1, 0.15) is 54.5 Å². The van der Waals surface area contributed by atoms with Crippen LogP contribution in [0.25, 0.3) is 0 Å². The highest BCUT2D eigenvalue weighted by Crippen LogP contribution is 2.25. The van der Waals surface area contributed by atoms with Crippen molar-refractivity contribution in [1.82, 2.24) is 30.7 Å². The zero-order valence-electron chi connectivity index (χ0n) is 30.5. The number of amides is 6. The topological polar surface area (TPSA) is 184 Å². The maximum atomic E-state index is 14.3. The summed E-state index contributed by atoms with van der Waals surface area (Å²) in [4.78, 5) is 99.7. The third kappa shape index (κ3) is 9.78. The van der Waals surface area contributed by atoms with E-state index in [1.54, 1.807) is 6.08 Å². The summed E-state index contributed by atoms with van der Waals surface area (Å²) in [6.45, 7) is 3.18. The zero-order valence-corrected chi connectivity index (χ0v) is 30.5. The summed E-state index contributed by atoms with van der Waals surface area (Å²) in [5.74, 6) is -6.65. The van der Waals surface area contributed by atoms with E-state index < -0.39 is 95.9 Å². The lowest BCUT2D eigenvalue weighted by molar-refractivity contribution is -0.160. The van der Waals surface area contributed by atoms with Crippen molar-refractivity contribution in [3.63, 3.8) is 0 Å². The van der Waals surface area contributed by atoms with E-state index in [4.69, 9.17) is 9.47 Å². The van der Waals surface area contributed by atoms with E-state index in [-0.39, 0.29) is 57.7 Å². The van der Waals surface area contributed by atoms with Gasteiger partial charge in [0, 0.05) is 32.1 Å². The molecule has 0 saturated carbocycles. The summed E-state index contributed by atoms with van der Waals surface area (Å²) in [6.07, 6.45) is 6.22. The van der Waals surface area contributed by atoms with Gasteiger partial charge in [0.2, 0.25) is 35.4 Å². The Balaban J connectivity index is 1.46. The van der Waals surface area contributed by atoms with Crippen LogP contribution in [0.5, 0.6) is 0 Å². The standard InChI is InChI=1S/C37H48F2N6O9/c1-3-4-5-6-11-31(46)41-26(18-23-16-24(38)19-25(39)17-23)32(47)42-27-20-54-37(52)29-10-8-13-44(29)34(49)22(2)40-33(48)30-21-53-15-14-45(30)36(51)28-9-7-12-43(28)35(27)50/h6,11,16-17,19,22,26-30H,3-5,7-10,12-15,18,20-21H2,1-2H3,(H,40,48)(H,41,46)(H,42,47)/b11-6+/t22-,26?,27-,28-,29-,30-/m0/s1. The highest BCUT2D eigenvalue weighted by Gasteiger charge is 2.45. The Labute approximate surface area is 312 Å². The third-order valence-electron chi connectivity index (χ3n) is 10.1. The molecular formula is C37H48F2N6O9. The number of hydrogen-bond acceptors (Lipinski definition) is 9. The zero-order chi connectivity index (χ0) is 38.9. The first-order valence-corrected chi connectivity index (χ1v) is 18.6. The van der Waals surface area contributed by atoms with Gasteiger partial charge in [-0.3, -0.25) is 28.8 Å². The predicted molar refractivity (Wildman–Crippen MR) is 187 cm³/mol. The molecule has 1 aromatic carbocycles. The lowest BCUT2D eigenvalue weighted by Gasteiger charge is -2.39. The Kier molecular flexibility index (Phi) is 13.7. The van der Waals surface area contributed by atoms with Crippen molar-refractivity contribution in [2.45, 2.75) is 101 Å². The summed E-state index contributed by atoms with van der Waals surface area (Å²) < 4.78 is 39.4. The molecule has 4 aliphatic rings. The number of unbranched alkanes of at least 4 members (excludes halogenated alkanes) is 2. The molecule has 6 amide bonds. The summed E-state index contributed by atoms with van der Waals surface area (Å²) in [7, 11) is 0. The first kappa shape index (κ1) is 40.3. The number of morpholine rings is 1. The summed E-state index contributed by atoms with van der Waals surface area (Å²) in [5.41, 5.74) is 0.0492. The molecule has 0 aromatic heterocycles. The number of nitrogens with zero attached hydrogens (tertiary/aromatic N) is 3. The van der Waals surface area contributed by atoms with Crippen molar-refractivity contribution in [3.8, 4) is 0 Å². The highest BCUT2D eigenvalue weighted by atomic mass is 19.1. The summed E-state index contributed by atoms with van der Waals surface area (Å²) in [5, 5.41) is 7.77. The first-order valence-electron chi connectivity index (χ1n) is 18.6. The van der Waals surface area contributed by atoms with Gasteiger partial charge in [0.25, 0.3) is 0 Å². The van der Waals surface area contributed by atoms with E-state index in [1.807, 2.05) is 6.92 Å². The molecular weight excluding hydrogens is 710 g/mol. The normalized spacial score (nSPS) is 26.2. The number of nitrogens with one attached hydrogen (secondary N) is 3. The second-order valence-corrected chi connectivity index (χ2v) is 14.0. The lowest BCUT2D eigenvalue weighted by Crippen LogP contribution is -2.63. The van der Waals surface area contributed by atoms with E-state index in [0.717, 1.165) is 25.0 Å². The molecule has 4 saturated heterocycles. The minimum atomic E-state index is -1.57. The second-order valence-electron chi connectivity index (χ2n) is 14.0. The average molecular weight is 759 g/mol. The molecule has 294 valence electrons. The molecule has 4 fully saturated rings. The number of rotatable bonds is 9. The Bertz CT molecular complexity index is 1620. The lowest BCUT2D eigenvalue weighted by atomic mass is 10.0. The quantitative estimate of drug-likeness (QED) is 0.183. The largest absolute Gasteiger partial charge is 0.461 e. The van der Waals surface area contributed by atoms with Gasteiger partial charge in [-0.1, -0.05) is 25.8 Å². The van der Waals surface area contributed by atoms with Gasteiger partial charge in [-0.05, 0) is 62.8 Å². The fourth-order valence-electron chi connectivity index (χ4n) is 7.27. The van der Waals surface area contributed by atoms with Crippen molar-refractivity contribution >= 4 is 41.4 Å². The first-order chi connectivity index (χ1) is 25.9. The van der Waals surface area contributed by atoms with Crippen LogP contribution < -0.4 is 16.0 Å². The number of carbonyl (C=O) groups is 7. The van der Waals surface area contributed by atoms with Crippen molar-refractivity contribution in [3.05, 3.63) is 47.5 Å². The van der Waals surface area contributed by atoms with Crippen molar-refractivity contribution in [1.29, 1.82) is 0 Å². The average Bonchev–Trinajstić information content (AvgIpc) is 3.84. The molecule has 1 aromatic rings. The minimum absolute atomic E-state index is 0.0492. The number of carbonyl (C=O) groups excluding carboxylic acids is 7. The molecule has 0 radical (unpaired) electrons. The summed E-state index contributed by atoms with van der Waals surface area (Å²) in [6, 6.07) is -4.51. The Hall–Kier alpha value is -4.93. The summed E-state index contributed by atoms with van der Waals surface area (Å²) >= 11 is 0. The monoisotopic (exact) mass is 758 g/mol. The Morgan fingerprint density at radius 2 is 1.57 bits per heavy atom. The van der Waals surface area contributed by atoms with Gasteiger partial charge in [-0.15, -0.1) is 0 Å². The molecule has 6 atom stereocenters. The van der Waals surface area contributed by atoms with Gasteiger partial charge in [-0.25, -0.2) is 13.6 Å². The van der Waals surface area contributed by atoms with Crippen LogP contribution in [-0.2, 0) is 49.5 Å². The number of halogens is 2.